The molecule has 0 spiro atoms. The molecule has 0 aromatic heterocycles. The predicted molar refractivity (Wildman–Crippen MR) is 49.6 cm³/mol. The van der Waals surface area contributed by atoms with Gasteiger partial charge in [-0.3, -0.25) is 0 Å². The molecule has 1 rings (SSSR count). The molecule has 0 unspecified atom stereocenters. The highest BCUT2D eigenvalue weighted by atomic mass is 79.9. The summed E-state index contributed by atoms with van der Waals surface area (Å²) in [5.41, 5.74) is 1.37. The van der Waals surface area contributed by atoms with E-state index in [1.54, 1.807) is 0 Å². The Kier molecular flexibility index (Phi) is 4.24. The number of hydrogen-bond donors (Lipinski definition) is 0. The van der Waals surface area contributed by atoms with Gasteiger partial charge in [-0.2, -0.15) is 0 Å². The molecule has 2 heteroatoms. The van der Waals surface area contributed by atoms with E-state index >= 15 is 0 Å². The maximum absolute atomic E-state index is 4.78. The van der Waals surface area contributed by atoms with Crippen molar-refractivity contribution >= 4 is 16.3 Å². The van der Waals surface area contributed by atoms with Crippen LogP contribution in [0.4, 0.5) is 0 Å². The van der Waals surface area contributed by atoms with E-state index in [0.717, 1.165) is 19.4 Å². The summed E-state index contributed by atoms with van der Waals surface area (Å²) < 4.78 is 4.78. The van der Waals surface area contributed by atoms with Gasteiger partial charge < -0.3 is 3.83 Å². The van der Waals surface area contributed by atoms with Crippen molar-refractivity contribution in [3.05, 3.63) is 35.9 Å². The monoisotopic (exact) mass is 214 g/mol. The molecule has 1 aromatic rings. The SMILES string of the molecule is BrOCCCc1ccccc1. The van der Waals surface area contributed by atoms with Gasteiger partial charge in [0.2, 0.25) is 0 Å². The van der Waals surface area contributed by atoms with Gasteiger partial charge in [-0.05, 0) is 18.4 Å². The Bertz CT molecular complexity index is 186. The molecule has 0 aliphatic rings. The average molecular weight is 215 g/mol. The second-order valence-electron chi connectivity index (χ2n) is 2.40. The first-order valence-electron chi connectivity index (χ1n) is 3.71. The minimum absolute atomic E-state index is 0.773. The van der Waals surface area contributed by atoms with Crippen LogP contribution in [0.25, 0.3) is 0 Å². The lowest BCUT2D eigenvalue weighted by Gasteiger charge is -1.97. The highest BCUT2D eigenvalue weighted by Crippen LogP contribution is 2.02. The average Bonchev–Trinajstić information content (AvgIpc) is 2.07. The number of hydrogen-bond acceptors (Lipinski definition) is 1. The standard InChI is InChI=1S/C9H11BrO/c10-11-8-4-7-9-5-2-1-3-6-9/h1-3,5-6H,4,7-8H2. The Morgan fingerprint density at radius 2 is 1.91 bits per heavy atom. The van der Waals surface area contributed by atoms with Gasteiger partial charge >= 0.3 is 0 Å². The third kappa shape index (κ3) is 3.54. The maximum Gasteiger partial charge on any atom is 0.0987 e. The fraction of sp³-hybridized carbons (Fsp3) is 0.333. The summed E-state index contributed by atoms with van der Waals surface area (Å²) >= 11 is 2.92. The Hall–Kier alpha value is -0.340. The molecular formula is C9H11BrO. The molecule has 0 amide bonds. The smallest absolute Gasteiger partial charge is 0.0987 e. The molecule has 0 bridgehead atoms. The highest BCUT2D eigenvalue weighted by molar-refractivity contribution is 9.06. The number of aryl methyl sites for hydroxylation is 1. The Balaban J connectivity index is 2.28. The van der Waals surface area contributed by atoms with Gasteiger partial charge in [0.1, 0.15) is 0 Å². The molecule has 0 atom stereocenters. The van der Waals surface area contributed by atoms with Gasteiger partial charge in [-0.25, -0.2) is 0 Å². The second kappa shape index (κ2) is 5.33. The van der Waals surface area contributed by atoms with Crippen molar-refractivity contribution in [3.8, 4) is 0 Å². The van der Waals surface area contributed by atoms with Crippen molar-refractivity contribution in [1.29, 1.82) is 0 Å². The third-order valence-corrected chi connectivity index (χ3v) is 1.85. The van der Waals surface area contributed by atoms with Gasteiger partial charge in [-0.15, -0.1) is 0 Å². The van der Waals surface area contributed by atoms with E-state index in [0.29, 0.717) is 0 Å². The zero-order valence-electron chi connectivity index (χ0n) is 6.29. The van der Waals surface area contributed by atoms with Crippen molar-refractivity contribution in [1.82, 2.24) is 0 Å². The molecule has 0 radical (unpaired) electrons. The van der Waals surface area contributed by atoms with E-state index in [4.69, 9.17) is 3.83 Å². The van der Waals surface area contributed by atoms with Crippen LogP contribution in [0.2, 0.25) is 0 Å². The lowest BCUT2D eigenvalue weighted by molar-refractivity contribution is 0.386. The zero-order valence-corrected chi connectivity index (χ0v) is 7.88. The Morgan fingerprint density at radius 1 is 1.18 bits per heavy atom. The first-order chi connectivity index (χ1) is 5.43. The molecule has 0 aliphatic carbocycles. The van der Waals surface area contributed by atoms with Crippen LogP contribution in [0, 0.1) is 0 Å². The Labute approximate surface area is 75.8 Å². The first-order valence-corrected chi connectivity index (χ1v) is 4.35. The highest BCUT2D eigenvalue weighted by Gasteiger charge is 1.90. The van der Waals surface area contributed by atoms with Crippen LogP contribution in [-0.2, 0) is 10.2 Å². The predicted octanol–water partition coefficient (Wildman–Crippen LogP) is 2.95. The van der Waals surface area contributed by atoms with Crippen LogP contribution >= 0.6 is 16.3 Å². The van der Waals surface area contributed by atoms with Crippen molar-refractivity contribution in [3.63, 3.8) is 0 Å². The molecule has 0 heterocycles. The molecule has 0 N–H and O–H groups in total. The van der Waals surface area contributed by atoms with E-state index in [-0.39, 0.29) is 0 Å². The normalized spacial score (nSPS) is 9.91. The summed E-state index contributed by atoms with van der Waals surface area (Å²) in [6, 6.07) is 10.4. The van der Waals surface area contributed by atoms with E-state index in [2.05, 4.69) is 40.5 Å². The quantitative estimate of drug-likeness (QED) is 0.701. The molecule has 1 aromatic carbocycles. The molecule has 0 fully saturated rings. The zero-order chi connectivity index (χ0) is 7.94. The van der Waals surface area contributed by atoms with E-state index in [1.807, 2.05) is 6.07 Å². The maximum atomic E-state index is 4.78. The summed E-state index contributed by atoms with van der Waals surface area (Å²) in [5.74, 6) is 0. The van der Waals surface area contributed by atoms with Crippen LogP contribution in [0.15, 0.2) is 30.3 Å². The van der Waals surface area contributed by atoms with E-state index in [9.17, 15) is 0 Å². The van der Waals surface area contributed by atoms with Gasteiger partial charge in [0, 0.05) is 0 Å². The minimum Gasteiger partial charge on any atom is -0.308 e. The number of halogens is 1. The Morgan fingerprint density at radius 3 is 2.55 bits per heavy atom. The fourth-order valence-electron chi connectivity index (χ4n) is 0.976. The van der Waals surface area contributed by atoms with Crippen LogP contribution < -0.4 is 0 Å². The van der Waals surface area contributed by atoms with Crippen molar-refractivity contribution in [2.24, 2.45) is 0 Å². The number of rotatable bonds is 4. The largest absolute Gasteiger partial charge is 0.308 e. The summed E-state index contributed by atoms with van der Waals surface area (Å²) in [7, 11) is 0. The summed E-state index contributed by atoms with van der Waals surface area (Å²) in [4.78, 5) is 0. The molecule has 0 saturated heterocycles. The van der Waals surface area contributed by atoms with Gasteiger partial charge in [-0.1, -0.05) is 30.3 Å². The molecule has 0 aliphatic heterocycles. The fourth-order valence-corrected chi connectivity index (χ4v) is 1.20. The second-order valence-corrected chi connectivity index (χ2v) is 2.86. The van der Waals surface area contributed by atoms with Crippen molar-refractivity contribution < 1.29 is 3.83 Å². The lowest BCUT2D eigenvalue weighted by atomic mass is 10.1. The van der Waals surface area contributed by atoms with Gasteiger partial charge in [0.05, 0.1) is 22.9 Å². The van der Waals surface area contributed by atoms with Crippen molar-refractivity contribution in [2.75, 3.05) is 6.61 Å². The molecule has 0 saturated carbocycles. The van der Waals surface area contributed by atoms with Crippen molar-refractivity contribution in [2.45, 2.75) is 12.8 Å². The first kappa shape index (κ1) is 8.75. The molecule has 60 valence electrons. The molecule has 11 heavy (non-hydrogen) atoms. The van der Waals surface area contributed by atoms with Gasteiger partial charge in [0.15, 0.2) is 0 Å². The molecular weight excluding hydrogens is 204 g/mol. The number of benzene rings is 1. The molecule has 1 nitrogen and oxygen atoms in total. The summed E-state index contributed by atoms with van der Waals surface area (Å²) in [5, 5.41) is 0. The van der Waals surface area contributed by atoms with E-state index in [1.165, 1.54) is 5.56 Å². The van der Waals surface area contributed by atoms with Crippen LogP contribution in [0.5, 0.6) is 0 Å². The topological polar surface area (TPSA) is 9.23 Å². The van der Waals surface area contributed by atoms with Gasteiger partial charge in [0.25, 0.3) is 0 Å². The summed E-state index contributed by atoms with van der Waals surface area (Å²) in [6.07, 6.45) is 2.15. The summed E-state index contributed by atoms with van der Waals surface area (Å²) in [6.45, 7) is 0.773. The van der Waals surface area contributed by atoms with Crippen LogP contribution in [0.3, 0.4) is 0 Å². The van der Waals surface area contributed by atoms with Crippen LogP contribution in [-0.4, -0.2) is 6.61 Å². The van der Waals surface area contributed by atoms with E-state index < -0.39 is 0 Å². The third-order valence-electron chi connectivity index (χ3n) is 1.53. The van der Waals surface area contributed by atoms with Crippen LogP contribution in [0.1, 0.15) is 12.0 Å². The minimum atomic E-state index is 0.773. The lowest BCUT2D eigenvalue weighted by Crippen LogP contribution is -1.88.